The molecule has 0 N–H and O–H groups in total. The second-order valence-corrected chi connectivity index (χ2v) is 9.07. The van der Waals surface area contributed by atoms with E-state index in [0.29, 0.717) is 26.6 Å². The molecule has 2 aromatic rings. The fourth-order valence-corrected chi connectivity index (χ4v) is 5.77. The summed E-state index contributed by atoms with van der Waals surface area (Å²) in [6.45, 7) is 5.31. The average Bonchev–Trinajstić information content (AvgIpc) is 3.07. The van der Waals surface area contributed by atoms with Crippen LogP contribution in [0.1, 0.15) is 54.3 Å². The topological polar surface area (TPSA) is 81.5 Å². The zero-order valence-electron chi connectivity index (χ0n) is 17.0. The molecule has 2 fully saturated rings. The van der Waals surface area contributed by atoms with Crippen molar-refractivity contribution in [3.05, 3.63) is 27.1 Å². The highest BCUT2D eigenvalue weighted by molar-refractivity contribution is 7.20. The van der Waals surface area contributed by atoms with Crippen molar-refractivity contribution in [2.45, 2.75) is 52.5 Å². The minimum Gasteiger partial charge on any atom is -0.462 e. The molecule has 1 saturated heterocycles. The van der Waals surface area contributed by atoms with E-state index < -0.39 is 5.97 Å². The third-order valence-corrected chi connectivity index (χ3v) is 7.51. The van der Waals surface area contributed by atoms with Gasteiger partial charge >= 0.3 is 5.97 Å². The summed E-state index contributed by atoms with van der Waals surface area (Å²) in [7, 11) is 0. The van der Waals surface area contributed by atoms with Crippen molar-refractivity contribution in [1.29, 1.82) is 0 Å². The van der Waals surface area contributed by atoms with Gasteiger partial charge in [-0.1, -0.05) is 19.3 Å². The number of esters is 1. The summed E-state index contributed by atoms with van der Waals surface area (Å²) in [6, 6.07) is 0. The molecule has 1 aliphatic heterocycles. The molecule has 2 aliphatic rings. The fraction of sp³-hybridized carbons (Fsp3) is 0.619. The Kier molecular flexibility index (Phi) is 5.72. The van der Waals surface area contributed by atoms with E-state index >= 15 is 0 Å². The maximum atomic E-state index is 13.0. The molecule has 7 nitrogen and oxygen atoms in total. The molecule has 1 saturated carbocycles. The molecule has 0 unspecified atom stereocenters. The van der Waals surface area contributed by atoms with Crippen LogP contribution in [-0.2, 0) is 16.1 Å². The first-order chi connectivity index (χ1) is 14.0. The number of rotatable bonds is 4. The van der Waals surface area contributed by atoms with E-state index in [-0.39, 0.29) is 24.6 Å². The number of hydrogen-bond donors (Lipinski definition) is 0. The van der Waals surface area contributed by atoms with Crippen LogP contribution in [0.15, 0.2) is 11.1 Å². The standard InChI is InChI=1S/C21H27N3O4S/c1-3-28-21(27)18-13(2)17-19(29-18)22-12-24(20(17)26)11-16(25)23-9-8-14-6-4-5-7-15(14)10-23/h12,14-15H,3-11H2,1-2H3/t14-,15-/m1/s1. The molecule has 2 atom stereocenters. The maximum Gasteiger partial charge on any atom is 0.348 e. The Balaban J connectivity index is 1.54. The van der Waals surface area contributed by atoms with E-state index in [1.54, 1.807) is 13.8 Å². The molecule has 4 rings (SSSR count). The SMILES string of the molecule is CCOC(=O)c1sc2ncn(CC(=O)N3CC[C@H]4CCCC[C@@H]4C3)c(=O)c2c1C. The van der Waals surface area contributed by atoms with Gasteiger partial charge in [-0.15, -0.1) is 11.3 Å². The lowest BCUT2D eigenvalue weighted by Crippen LogP contribution is -2.46. The summed E-state index contributed by atoms with van der Waals surface area (Å²) in [4.78, 5) is 45.1. The van der Waals surface area contributed by atoms with Crippen molar-refractivity contribution in [2.75, 3.05) is 19.7 Å². The van der Waals surface area contributed by atoms with Crippen molar-refractivity contribution in [2.24, 2.45) is 11.8 Å². The second-order valence-electron chi connectivity index (χ2n) is 8.07. The Hall–Kier alpha value is -2.22. The van der Waals surface area contributed by atoms with Gasteiger partial charge in [0.2, 0.25) is 5.91 Å². The summed E-state index contributed by atoms with van der Waals surface area (Å²) >= 11 is 1.16. The van der Waals surface area contributed by atoms with Crippen molar-refractivity contribution in [3.63, 3.8) is 0 Å². The van der Waals surface area contributed by atoms with Crippen LogP contribution in [0.2, 0.25) is 0 Å². The number of thiophene rings is 1. The number of carbonyl (C=O) groups excluding carboxylic acids is 2. The van der Waals surface area contributed by atoms with Crippen molar-refractivity contribution < 1.29 is 14.3 Å². The quantitative estimate of drug-likeness (QED) is 0.715. The molecule has 0 spiro atoms. The zero-order chi connectivity index (χ0) is 20.5. The van der Waals surface area contributed by atoms with Crippen LogP contribution in [0.25, 0.3) is 10.2 Å². The highest BCUT2D eigenvalue weighted by Crippen LogP contribution is 2.36. The molecular formula is C21H27N3O4S. The number of nitrogens with zero attached hydrogens (tertiary/aromatic N) is 3. The van der Waals surface area contributed by atoms with Crippen molar-refractivity contribution >= 4 is 33.4 Å². The Labute approximate surface area is 173 Å². The van der Waals surface area contributed by atoms with Crippen LogP contribution >= 0.6 is 11.3 Å². The number of fused-ring (bicyclic) bond motifs is 2. The van der Waals surface area contributed by atoms with Crippen LogP contribution in [0.5, 0.6) is 0 Å². The van der Waals surface area contributed by atoms with E-state index in [0.717, 1.165) is 36.8 Å². The predicted molar refractivity (Wildman–Crippen MR) is 111 cm³/mol. The molecule has 29 heavy (non-hydrogen) atoms. The summed E-state index contributed by atoms with van der Waals surface area (Å²) in [5.41, 5.74) is 0.297. The molecular weight excluding hydrogens is 390 g/mol. The number of amides is 1. The zero-order valence-corrected chi connectivity index (χ0v) is 17.8. The fourth-order valence-electron chi connectivity index (χ4n) is 4.74. The van der Waals surface area contributed by atoms with Gasteiger partial charge in [-0.25, -0.2) is 9.78 Å². The van der Waals surface area contributed by atoms with Gasteiger partial charge in [0.05, 0.1) is 18.3 Å². The predicted octanol–water partition coefficient (Wildman–Crippen LogP) is 2.98. The third kappa shape index (κ3) is 3.82. The molecule has 1 aliphatic carbocycles. The number of hydrogen-bond acceptors (Lipinski definition) is 6. The second kappa shape index (κ2) is 8.26. The Morgan fingerprint density at radius 1 is 1.24 bits per heavy atom. The first-order valence-corrected chi connectivity index (χ1v) is 11.2. The summed E-state index contributed by atoms with van der Waals surface area (Å²) in [5, 5.41) is 0.402. The first kappa shape index (κ1) is 20.1. The highest BCUT2D eigenvalue weighted by Gasteiger charge is 2.33. The Morgan fingerprint density at radius 3 is 2.76 bits per heavy atom. The largest absolute Gasteiger partial charge is 0.462 e. The van der Waals surface area contributed by atoms with Crippen LogP contribution in [0.3, 0.4) is 0 Å². The Bertz CT molecular complexity index is 996. The van der Waals surface area contributed by atoms with E-state index in [1.807, 2.05) is 4.90 Å². The van der Waals surface area contributed by atoms with Gasteiger partial charge in [0.1, 0.15) is 16.3 Å². The molecule has 3 heterocycles. The lowest BCUT2D eigenvalue weighted by atomic mass is 9.75. The van der Waals surface area contributed by atoms with E-state index in [4.69, 9.17) is 4.74 Å². The number of aryl methyl sites for hydroxylation is 1. The van der Waals surface area contributed by atoms with Gasteiger partial charge in [-0.05, 0) is 44.1 Å². The molecule has 0 bridgehead atoms. The number of piperidine rings is 1. The molecule has 0 radical (unpaired) electrons. The van der Waals surface area contributed by atoms with Gasteiger partial charge in [0.25, 0.3) is 5.56 Å². The maximum absolute atomic E-state index is 13.0. The molecule has 1 amide bonds. The number of aromatic nitrogens is 2. The molecule has 2 aromatic heterocycles. The van der Waals surface area contributed by atoms with E-state index in [9.17, 15) is 14.4 Å². The number of ether oxygens (including phenoxy) is 1. The van der Waals surface area contributed by atoms with Gasteiger partial charge in [0, 0.05) is 13.1 Å². The lowest BCUT2D eigenvalue weighted by Gasteiger charge is -2.41. The van der Waals surface area contributed by atoms with Crippen molar-refractivity contribution in [1.82, 2.24) is 14.5 Å². The van der Waals surface area contributed by atoms with Crippen LogP contribution < -0.4 is 5.56 Å². The van der Waals surface area contributed by atoms with Gasteiger partial charge in [-0.2, -0.15) is 0 Å². The van der Waals surface area contributed by atoms with Gasteiger partial charge in [-0.3, -0.25) is 14.2 Å². The first-order valence-electron chi connectivity index (χ1n) is 10.4. The summed E-state index contributed by atoms with van der Waals surface area (Å²) in [6.07, 6.45) is 7.53. The number of likely N-dealkylation sites (tertiary alicyclic amines) is 1. The van der Waals surface area contributed by atoms with Crippen LogP contribution in [0, 0.1) is 18.8 Å². The molecule has 8 heteroatoms. The van der Waals surface area contributed by atoms with Gasteiger partial charge < -0.3 is 9.64 Å². The normalized spacial score (nSPS) is 21.8. The minimum atomic E-state index is -0.439. The summed E-state index contributed by atoms with van der Waals surface area (Å²) < 4.78 is 6.44. The van der Waals surface area contributed by atoms with Crippen molar-refractivity contribution in [3.8, 4) is 0 Å². The van der Waals surface area contributed by atoms with E-state index in [2.05, 4.69) is 4.98 Å². The smallest absolute Gasteiger partial charge is 0.348 e. The van der Waals surface area contributed by atoms with E-state index in [1.165, 1.54) is 36.6 Å². The third-order valence-electron chi connectivity index (χ3n) is 6.33. The highest BCUT2D eigenvalue weighted by atomic mass is 32.1. The minimum absolute atomic E-state index is 0.0107. The lowest BCUT2D eigenvalue weighted by molar-refractivity contribution is -0.135. The molecule has 156 valence electrons. The monoisotopic (exact) mass is 417 g/mol. The number of carbonyl (C=O) groups is 2. The molecule has 0 aromatic carbocycles. The van der Waals surface area contributed by atoms with Crippen LogP contribution in [-0.4, -0.2) is 46.0 Å². The Morgan fingerprint density at radius 2 is 2.00 bits per heavy atom. The summed E-state index contributed by atoms with van der Waals surface area (Å²) in [5.74, 6) is 0.884. The average molecular weight is 418 g/mol. The van der Waals surface area contributed by atoms with Gasteiger partial charge in [0.15, 0.2) is 0 Å². The van der Waals surface area contributed by atoms with Crippen LogP contribution in [0.4, 0.5) is 0 Å².